The van der Waals surface area contributed by atoms with Crippen LogP contribution in [0.2, 0.25) is 0 Å². The molecule has 1 aliphatic rings. The van der Waals surface area contributed by atoms with Crippen LogP contribution in [-0.4, -0.2) is 49.8 Å². The number of aromatic nitrogens is 4. The van der Waals surface area contributed by atoms with Gasteiger partial charge in [0.15, 0.2) is 0 Å². The highest BCUT2D eigenvalue weighted by molar-refractivity contribution is 6.03. The molecule has 0 fully saturated rings. The number of imidazole rings is 1. The number of nitrogens with zero attached hydrogens (tertiary/aromatic N) is 4. The van der Waals surface area contributed by atoms with Crippen molar-refractivity contribution in [2.75, 3.05) is 18.5 Å². The molecule has 9 nitrogen and oxygen atoms in total. The zero-order valence-corrected chi connectivity index (χ0v) is 15.9. The number of hydrogen-bond donors (Lipinski definition) is 2. The van der Waals surface area contributed by atoms with Gasteiger partial charge in [-0.3, -0.25) is 24.2 Å². The van der Waals surface area contributed by atoms with Crippen LogP contribution in [0.1, 0.15) is 40.4 Å². The Labute approximate surface area is 160 Å². The van der Waals surface area contributed by atoms with E-state index in [1.165, 1.54) is 0 Å². The van der Waals surface area contributed by atoms with E-state index < -0.39 is 5.54 Å². The Bertz CT molecular complexity index is 1100. The summed E-state index contributed by atoms with van der Waals surface area (Å²) in [5.41, 5.74) is 1.92. The molecule has 1 unspecified atom stereocenters. The van der Waals surface area contributed by atoms with E-state index in [0.29, 0.717) is 34.6 Å². The van der Waals surface area contributed by atoms with E-state index in [2.05, 4.69) is 15.4 Å². The minimum atomic E-state index is -0.812. The van der Waals surface area contributed by atoms with Gasteiger partial charge in [-0.15, -0.1) is 0 Å². The molecule has 0 spiro atoms. The maximum absolute atomic E-state index is 12.9. The van der Waals surface area contributed by atoms with Gasteiger partial charge in [-0.05, 0) is 39.0 Å². The summed E-state index contributed by atoms with van der Waals surface area (Å²) in [4.78, 5) is 28.7. The Morgan fingerprint density at radius 2 is 2.21 bits per heavy atom. The van der Waals surface area contributed by atoms with Gasteiger partial charge >= 0.3 is 0 Å². The first kappa shape index (κ1) is 18.2. The number of amides is 1. The van der Waals surface area contributed by atoms with Crippen molar-refractivity contribution in [2.24, 2.45) is 0 Å². The van der Waals surface area contributed by atoms with Crippen LogP contribution in [0.4, 0.5) is 5.95 Å². The SMILES string of the molecule is CCn1nc(C)cc1C(=O)Nc1nc2cc(C=O)cc3c2n1C(C)(CO)CO3. The molecule has 1 atom stereocenters. The highest BCUT2D eigenvalue weighted by Crippen LogP contribution is 2.39. The molecular formula is C19H21N5O4. The molecule has 0 saturated carbocycles. The van der Waals surface area contributed by atoms with E-state index >= 15 is 0 Å². The van der Waals surface area contributed by atoms with Crippen molar-refractivity contribution in [2.45, 2.75) is 32.9 Å². The third-order valence-corrected chi connectivity index (χ3v) is 4.95. The third kappa shape index (κ3) is 2.66. The van der Waals surface area contributed by atoms with Gasteiger partial charge in [-0.2, -0.15) is 5.10 Å². The van der Waals surface area contributed by atoms with Crippen LogP contribution in [-0.2, 0) is 12.1 Å². The quantitative estimate of drug-likeness (QED) is 0.649. The number of hydrogen-bond acceptors (Lipinski definition) is 6. The Morgan fingerprint density at radius 1 is 1.43 bits per heavy atom. The van der Waals surface area contributed by atoms with Gasteiger partial charge in [0.1, 0.15) is 35.4 Å². The molecule has 1 aliphatic heterocycles. The molecule has 1 amide bonds. The fourth-order valence-electron chi connectivity index (χ4n) is 3.53. The molecule has 4 rings (SSSR count). The number of anilines is 1. The predicted octanol–water partition coefficient (Wildman–Crippen LogP) is 1.73. The van der Waals surface area contributed by atoms with Crippen molar-refractivity contribution in [1.82, 2.24) is 19.3 Å². The van der Waals surface area contributed by atoms with Crippen LogP contribution in [0.15, 0.2) is 18.2 Å². The summed E-state index contributed by atoms with van der Waals surface area (Å²) < 4.78 is 9.17. The lowest BCUT2D eigenvalue weighted by molar-refractivity contribution is 0.0830. The van der Waals surface area contributed by atoms with Gasteiger partial charge < -0.3 is 9.84 Å². The number of benzene rings is 1. The van der Waals surface area contributed by atoms with E-state index in [1.54, 1.807) is 27.4 Å². The van der Waals surface area contributed by atoms with Crippen LogP contribution < -0.4 is 10.1 Å². The topological polar surface area (TPSA) is 111 Å². The summed E-state index contributed by atoms with van der Waals surface area (Å²) in [6.07, 6.45) is 0.721. The first-order valence-electron chi connectivity index (χ1n) is 9.02. The number of carbonyl (C=O) groups is 2. The molecule has 28 heavy (non-hydrogen) atoms. The third-order valence-electron chi connectivity index (χ3n) is 4.95. The van der Waals surface area contributed by atoms with Gasteiger partial charge in [0.05, 0.1) is 17.8 Å². The lowest BCUT2D eigenvalue weighted by Crippen LogP contribution is -2.43. The number of aliphatic hydroxyl groups excluding tert-OH is 1. The van der Waals surface area contributed by atoms with Crippen LogP contribution in [0.5, 0.6) is 5.75 Å². The summed E-state index contributed by atoms with van der Waals surface area (Å²) in [5.74, 6) is 0.427. The number of carbonyl (C=O) groups excluding carboxylic acids is 2. The van der Waals surface area contributed by atoms with Gasteiger partial charge in [0, 0.05) is 12.1 Å². The summed E-state index contributed by atoms with van der Waals surface area (Å²) in [5, 5.41) is 17.1. The zero-order chi connectivity index (χ0) is 20.1. The molecule has 146 valence electrons. The average molecular weight is 383 g/mol. The normalized spacial score (nSPS) is 18.1. The largest absolute Gasteiger partial charge is 0.489 e. The molecule has 3 heterocycles. The van der Waals surface area contributed by atoms with Crippen molar-refractivity contribution < 1.29 is 19.4 Å². The lowest BCUT2D eigenvalue weighted by atomic mass is 10.0. The zero-order valence-electron chi connectivity index (χ0n) is 15.9. The van der Waals surface area contributed by atoms with Gasteiger partial charge in [-0.1, -0.05) is 0 Å². The van der Waals surface area contributed by atoms with Crippen molar-refractivity contribution in [3.63, 3.8) is 0 Å². The van der Waals surface area contributed by atoms with E-state index in [4.69, 9.17) is 4.74 Å². The average Bonchev–Trinajstić information content (AvgIpc) is 3.25. The molecule has 0 bridgehead atoms. The molecular weight excluding hydrogens is 362 g/mol. The molecule has 0 aliphatic carbocycles. The maximum Gasteiger partial charge on any atom is 0.276 e. The fraction of sp³-hybridized carbons (Fsp3) is 0.368. The van der Waals surface area contributed by atoms with Gasteiger partial charge in [0.25, 0.3) is 5.91 Å². The van der Waals surface area contributed by atoms with Crippen LogP contribution in [0.25, 0.3) is 11.0 Å². The number of nitrogens with one attached hydrogen (secondary N) is 1. The van der Waals surface area contributed by atoms with Crippen molar-refractivity contribution in [1.29, 1.82) is 0 Å². The summed E-state index contributed by atoms with van der Waals surface area (Å²) in [6.45, 7) is 6.08. The number of ether oxygens (including phenoxy) is 1. The Morgan fingerprint density at radius 3 is 2.89 bits per heavy atom. The first-order chi connectivity index (χ1) is 13.4. The van der Waals surface area contributed by atoms with E-state index in [9.17, 15) is 14.7 Å². The molecule has 0 radical (unpaired) electrons. The second-order valence-electron chi connectivity index (χ2n) is 7.16. The fourth-order valence-corrected chi connectivity index (χ4v) is 3.53. The predicted molar refractivity (Wildman–Crippen MR) is 102 cm³/mol. The first-order valence-corrected chi connectivity index (χ1v) is 9.02. The Hall–Kier alpha value is -3.20. The number of rotatable bonds is 5. The highest BCUT2D eigenvalue weighted by Gasteiger charge is 2.37. The van der Waals surface area contributed by atoms with Crippen LogP contribution in [0, 0.1) is 6.92 Å². The summed E-state index contributed by atoms with van der Waals surface area (Å²) in [7, 11) is 0. The number of aldehydes is 1. The smallest absolute Gasteiger partial charge is 0.276 e. The second-order valence-corrected chi connectivity index (χ2v) is 7.16. The monoisotopic (exact) mass is 383 g/mol. The van der Waals surface area contributed by atoms with Crippen LogP contribution in [0.3, 0.4) is 0 Å². The van der Waals surface area contributed by atoms with E-state index in [0.717, 1.165) is 12.0 Å². The van der Waals surface area contributed by atoms with E-state index in [-0.39, 0.29) is 25.1 Å². The minimum absolute atomic E-state index is 0.180. The molecule has 1 aromatic carbocycles. The Kier molecular flexibility index (Phi) is 4.19. The summed E-state index contributed by atoms with van der Waals surface area (Å²) >= 11 is 0. The Balaban J connectivity index is 1.85. The lowest BCUT2D eigenvalue weighted by Gasteiger charge is -2.35. The molecule has 3 aromatic rings. The van der Waals surface area contributed by atoms with E-state index in [1.807, 2.05) is 20.8 Å². The maximum atomic E-state index is 12.9. The minimum Gasteiger partial charge on any atom is -0.489 e. The molecule has 0 saturated heterocycles. The molecule has 2 N–H and O–H groups in total. The summed E-state index contributed by atoms with van der Waals surface area (Å²) in [6, 6.07) is 4.97. The highest BCUT2D eigenvalue weighted by atomic mass is 16.5. The molecule has 9 heteroatoms. The molecule has 2 aromatic heterocycles. The number of aliphatic hydroxyl groups is 1. The number of aryl methyl sites for hydroxylation is 2. The van der Waals surface area contributed by atoms with Gasteiger partial charge in [-0.25, -0.2) is 4.98 Å². The van der Waals surface area contributed by atoms with Crippen molar-refractivity contribution in [3.8, 4) is 5.75 Å². The van der Waals surface area contributed by atoms with Crippen molar-refractivity contribution >= 4 is 29.2 Å². The van der Waals surface area contributed by atoms with Crippen LogP contribution >= 0.6 is 0 Å². The second kappa shape index (κ2) is 6.45. The van der Waals surface area contributed by atoms with Gasteiger partial charge in [0.2, 0.25) is 5.95 Å². The standard InChI is InChI=1S/C19H21N5O4/c1-4-23-14(5-11(2)22-23)17(27)21-18-20-13-6-12(8-25)7-15-16(13)24(18)19(3,9-26)10-28-15/h5-8,26H,4,9-10H2,1-3H3,(H,20,21,27). The van der Waals surface area contributed by atoms with Crippen molar-refractivity contribution in [3.05, 3.63) is 35.2 Å².